The molecule has 2 rings (SSSR count). The topological polar surface area (TPSA) is 41.1 Å². The zero-order valence-electron chi connectivity index (χ0n) is 10.9. The fraction of sp³-hybridized carbons (Fsp3) is 0.357. The van der Waals surface area contributed by atoms with Crippen LogP contribution in [0.2, 0.25) is 0 Å². The van der Waals surface area contributed by atoms with Crippen LogP contribution in [0.15, 0.2) is 36.7 Å². The van der Waals surface area contributed by atoms with E-state index in [1.54, 1.807) is 6.20 Å². The Labute approximate surface area is 108 Å². The lowest BCUT2D eigenvalue weighted by atomic mass is 10.2. The maximum atomic E-state index is 5.67. The molecule has 1 N–H and O–H groups in total. The Morgan fingerprint density at radius 1 is 1.22 bits per heavy atom. The standard InChI is InChI=1S/C14H19N3O/c1-17(2)10-3-11-18-13-6-4-12(5-7-13)14-15-8-9-16-14/h4-9H,3,10-11H2,1-2H3,(H,15,16). The molecule has 1 aromatic heterocycles. The lowest BCUT2D eigenvalue weighted by Gasteiger charge is -2.10. The summed E-state index contributed by atoms with van der Waals surface area (Å²) in [7, 11) is 4.14. The molecule has 0 unspecified atom stereocenters. The van der Waals surface area contributed by atoms with E-state index in [2.05, 4.69) is 29.0 Å². The highest BCUT2D eigenvalue weighted by Gasteiger charge is 2.00. The fourth-order valence-electron chi connectivity index (χ4n) is 1.70. The van der Waals surface area contributed by atoms with E-state index in [9.17, 15) is 0 Å². The molecule has 0 fully saturated rings. The van der Waals surface area contributed by atoms with E-state index in [0.29, 0.717) is 0 Å². The maximum absolute atomic E-state index is 5.67. The van der Waals surface area contributed by atoms with E-state index in [1.807, 2.05) is 30.5 Å². The normalized spacial score (nSPS) is 10.8. The Kier molecular flexibility index (Phi) is 4.36. The van der Waals surface area contributed by atoms with Crippen molar-refractivity contribution in [2.75, 3.05) is 27.2 Å². The number of ether oxygens (including phenoxy) is 1. The minimum absolute atomic E-state index is 0.748. The Hall–Kier alpha value is -1.81. The van der Waals surface area contributed by atoms with Crippen molar-refractivity contribution in [3.05, 3.63) is 36.7 Å². The number of nitrogens with zero attached hydrogens (tertiary/aromatic N) is 2. The molecule has 0 saturated heterocycles. The minimum atomic E-state index is 0.748. The second-order valence-electron chi connectivity index (χ2n) is 4.47. The summed E-state index contributed by atoms with van der Waals surface area (Å²) in [6, 6.07) is 7.99. The number of imidazole rings is 1. The molecule has 0 atom stereocenters. The van der Waals surface area contributed by atoms with Crippen molar-refractivity contribution in [1.82, 2.24) is 14.9 Å². The maximum Gasteiger partial charge on any atom is 0.137 e. The van der Waals surface area contributed by atoms with Crippen LogP contribution >= 0.6 is 0 Å². The molecule has 2 aromatic rings. The monoisotopic (exact) mass is 245 g/mol. The van der Waals surface area contributed by atoms with Gasteiger partial charge in [0.05, 0.1) is 6.61 Å². The molecular weight excluding hydrogens is 226 g/mol. The van der Waals surface area contributed by atoms with E-state index in [1.165, 1.54) is 0 Å². The van der Waals surface area contributed by atoms with Crippen LogP contribution in [0, 0.1) is 0 Å². The van der Waals surface area contributed by atoms with Gasteiger partial charge in [0.2, 0.25) is 0 Å². The van der Waals surface area contributed by atoms with Crippen LogP contribution in [0.25, 0.3) is 11.4 Å². The van der Waals surface area contributed by atoms with E-state index < -0.39 is 0 Å². The quantitative estimate of drug-likeness (QED) is 0.795. The molecule has 1 aromatic carbocycles. The summed E-state index contributed by atoms with van der Waals surface area (Å²) in [5.74, 6) is 1.79. The highest BCUT2D eigenvalue weighted by Crippen LogP contribution is 2.19. The molecule has 4 nitrogen and oxygen atoms in total. The average molecular weight is 245 g/mol. The SMILES string of the molecule is CN(C)CCCOc1ccc(-c2ncc[nH]2)cc1. The van der Waals surface area contributed by atoms with Crippen LogP contribution in [0.5, 0.6) is 5.75 Å². The number of hydrogen-bond acceptors (Lipinski definition) is 3. The van der Waals surface area contributed by atoms with E-state index in [-0.39, 0.29) is 0 Å². The van der Waals surface area contributed by atoms with Gasteiger partial charge in [-0.15, -0.1) is 0 Å². The summed E-state index contributed by atoms with van der Waals surface area (Å²) < 4.78 is 5.67. The summed E-state index contributed by atoms with van der Waals surface area (Å²) in [4.78, 5) is 9.45. The molecular formula is C14H19N3O. The Morgan fingerprint density at radius 3 is 2.61 bits per heavy atom. The number of rotatable bonds is 6. The number of benzene rings is 1. The van der Waals surface area contributed by atoms with Gasteiger partial charge in [0, 0.05) is 24.5 Å². The molecule has 0 aliphatic carbocycles. The smallest absolute Gasteiger partial charge is 0.137 e. The fourth-order valence-corrected chi connectivity index (χ4v) is 1.70. The van der Waals surface area contributed by atoms with Crippen LogP contribution in [0.1, 0.15) is 6.42 Å². The van der Waals surface area contributed by atoms with Gasteiger partial charge in [-0.3, -0.25) is 0 Å². The lowest BCUT2D eigenvalue weighted by Crippen LogP contribution is -2.15. The molecule has 4 heteroatoms. The van der Waals surface area contributed by atoms with Gasteiger partial charge in [-0.2, -0.15) is 0 Å². The van der Waals surface area contributed by atoms with Gasteiger partial charge < -0.3 is 14.6 Å². The molecule has 0 aliphatic rings. The zero-order valence-corrected chi connectivity index (χ0v) is 10.9. The van der Waals surface area contributed by atoms with E-state index in [4.69, 9.17) is 4.74 Å². The summed E-state index contributed by atoms with van der Waals surface area (Å²) in [6.45, 7) is 1.79. The van der Waals surface area contributed by atoms with Gasteiger partial charge in [0.15, 0.2) is 0 Å². The summed E-state index contributed by atoms with van der Waals surface area (Å²) in [5, 5.41) is 0. The number of aromatic amines is 1. The van der Waals surface area contributed by atoms with Crippen molar-refractivity contribution in [2.24, 2.45) is 0 Å². The second kappa shape index (κ2) is 6.21. The van der Waals surface area contributed by atoms with Gasteiger partial charge in [0.25, 0.3) is 0 Å². The first-order chi connectivity index (χ1) is 8.75. The molecule has 96 valence electrons. The molecule has 1 heterocycles. The average Bonchev–Trinajstić information content (AvgIpc) is 2.89. The van der Waals surface area contributed by atoms with Crippen molar-refractivity contribution in [3.8, 4) is 17.1 Å². The predicted octanol–water partition coefficient (Wildman–Crippen LogP) is 2.41. The third-order valence-corrected chi connectivity index (χ3v) is 2.64. The molecule has 0 radical (unpaired) electrons. The van der Waals surface area contributed by atoms with E-state index >= 15 is 0 Å². The highest BCUT2D eigenvalue weighted by atomic mass is 16.5. The highest BCUT2D eigenvalue weighted by molar-refractivity contribution is 5.55. The van der Waals surface area contributed by atoms with Crippen LogP contribution in [-0.4, -0.2) is 42.1 Å². The van der Waals surface area contributed by atoms with Gasteiger partial charge in [0.1, 0.15) is 11.6 Å². The molecule has 0 spiro atoms. The molecule has 18 heavy (non-hydrogen) atoms. The van der Waals surface area contributed by atoms with Gasteiger partial charge in [-0.05, 0) is 44.8 Å². The van der Waals surface area contributed by atoms with Crippen LogP contribution < -0.4 is 4.74 Å². The lowest BCUT2D eigenvalue weighted by molar-refractivity contribution is 0.281. The first-order valence-electron chi connectivity index (χ1n) is 6.13. The molecule has 0 amide bonds. The van der Waals surface area contributed by atoms with Gasteiger partial charge >= 0.3 is 0 Å². The summed E-state index contributed by atoms with van der Waals surface area (Å²) in [5.41, 5.74) is 1.07. The Balaban J connectivity index is 1.84. The van der Waals surface area contributed by atoms with Crippen molar-refractivity contribution < 1.29 is 4.74 Å². The Morgan fingerprint density at radius 2 is 2.00 bits per heavy atom. The molecule has 0 bridgehead atoms. The number of H-pyrrole nitrogens is 1. The first kappa shape index (κ1) is 12.6. The van der Waals surface area contributed by atoms with Crippen LogP contribution in [-0.2, 0) is 0 Å². The van der Waals surface area contributed by atoms with E-state index in [0.717, 1.165) is 36.7 Å². The number of nitrogens with one attached hydrogen (secondary N) is 1. The van der Waals surface area contributed by atoms with Crippen molar-refractivity contribution in [1.29, 1.82) is 0 Å². The third kappa shape index (κ3) is 3.60. The Bertz CT molecular complexity index is 448. The first-order valence-corrected chi connectivity index (χ1v) is 6.13. The predicted molar refractivity (Wildman–Crippen MR) is 72.7 cm³/mol. The van der Waals surface area contributed by atoms with Gasteiger partial charge in [-0.25, -0.2) is 4.98 Å². The third-order valence-electron chi connectivity index (χ3n) is 2.64. The van der Waals surface area contributed by atoms with Gasteiger partial charge in [-0.1, -0.05) is 0 Å². The minimum Gasteiger partial charge on any atom is -0.494 e. The second-order valence-corrected chi connectivity index (χ2v) is 4.47. The summed E-state index contributed by atoms with van der Waals surface area (Å²) >= 11 is 0. The van der Waals surface area contributed by atoms with Crippen LogP contribution in [0.4, 0.5) is 0 Å². The van der Waals surface area contributed by atoms with Crippen molar-refractivity contribution in [3.63, 3.8) is 0 Å². The molecule has 0 aliphatic heterocycles. The number of hydrogen-bond donors (Lipinski definition) is 1. The van der Waals surface area contributed by atoms with Crippen LogP contribution in [0.3, 0.4) is 0 Å². The molecule has 0 saturated carbocycles. The van der Waals surface area contributed by atoms with Crippen molar-refractivity contribution in [2.45, 2.75) is 6.42 Å². The largest absolute Gasteiger partial charge is 0.494 e. The zero-order chi connectivity index (χ0) is 12.8. The number of aromatic nitrogens is 2. The summed E-state index contributed by atoms with van der Waals surface area (Å²) in [6.07, 6.45) is 4.61. The van der Waals surface area contributed by atoms with Crippen molar-refractivity contribution >= 4 is 0 Å².